The SMILES string of the molecule is CC(CC(=O)N1CCN(C(=O)c2cccc(F)c2)CC1)C1CCCNC1. The summed E-state index contributed by atoms with van der Waals surface area (Å²) < 4.78 is 13.3. The molecule has 5 nitrogen and oxygen atoms in total. The molecule has 2 saturated heterocycles. The van der Waals surface area contributed by atoms with Crippen molar-refractivity contribution in [3.63, 3.8) is 0 Å². The summed E-state index contributed by atoms with van der Waals surface area (Å²) in [5.41, 5.74) is 0.364. The minimum Gasteiger partial charge on any atom is -0.339 e. The number of carbonyl (C=O) groups excluding carboxylic acids is 2. The van der Waals surface area contributed by atoms with Gasteiger partial charge in [0.25, 0.3) is 5.91 Å². The van der Waals surface area contributed by atoms with Crippen LogP contribution in [0.2, 0.25) is 0 Å². The summed E-state index contributed by atoms with van der Waals surface area (Å²) in [6.45, 7) is 6.36. The van der Waals surface area contributed by atoms with E-state index >= 15 is 0 Å². The van der Waals surface area contributed by atoms with Crippen LogP contribution in [0.15, 0.2) is 24.3 Å². The molecule has 26 heavy (non-hydrogen) atoms. The van der Waals surface area contributed by atoms with Crippen molar-refractivity contribution >= 4 is 11.8 Å². The Morgan fingerprint density at radius 2 is 1.96 bits per heavy atom. The average Bonchev–Trinajstić information content (AvgIpc) is 2.68. The maximum atomic E-state index is 13.3. The summed E-state index contributed by atoms with van der Waals surface area (Å²) in [6.07, 6.45) is 2.95. The second-order valence-electron chi connectivity index (χ2n) is 7.47. The van der Waals surface area contributed by atoms with Crippen LogP contribution in [0.1, 0.15) is 36.5 Å². The molecule has 2 atom stereocenters. The van der Waals surface area contributed by atoms with Crippen molar-refractivity contribution in [2.45, 2.75) is 26.2 Å². The highest BCUT2D eigenvalue weighted by Crippen LogP contribution is 2.23. The second kappa shape index (κ2) is 8.62. The number of nitrogens with zero attached hydrogens (tertiary/aromatic N) is 2. The van der Waals surface area contributed by atoms with Crippen molar-refractivity contribution in [2.24, 2.45) is 11.8 Å². The molecule has 0 aliphatic carbocycles. The van der Waals surface area contributed by atoms with Gasteiger partial charge in [-0.15, -0.1) is 0 Å². The van der Waals surface area contributed by atoms with Gasteiger partial charge in [0.1, 0.15) is 5.82 Å². The lowest BCUT2D eigenvalue weighted by molar-refractivity contribution is -0.134. The normalized spacial score (nSPS) is 22.2. The number of piperazine rings is 1. The van der Waals surface area contributed by atoms with Gasteiger partial charge in [0.15, 0.2) is 0 Å². The highest BCUT2D eigenvalue weighted by atomic mass is 19.1. The number of halogens is 1. The van der Waals surface area contributed by atoms with Gasteiger partial charge in [-0.05, 0) is 56.0 Å². The molecule has 1 N–H and O–H groups in total. The zero-order valence-electron chi connectivity index (χ0n) is 15.4. The Bertz CT molecular complexity index is 638. The quantitative estimate of drug-likeness (QED) is 0.894. The standard InChI is InChI=1S/C20H28FN3O2/c1-15(17-5-3-7-22-14-17)12-19(25)23-8-10-24(11-9-23)20(26)16-4-2-6-18(21)13-16/h2,4,6,13,15,17,22H,3,5,7-12,14H2,1H3. The predicted octanol–water partition coefficient (Wildman–Crippen LogP) is 2.14. The molecule has 0 radical (unpaired) electrons. The van der Waals surface area contributed by atoms with Gasteiger partial charge >= 0.3 is 0 Å². The molecule has 1 aromatic carbocycles. The van der Waals surface area contributed by atoms with Crippen LogP contribution in [-0.2, 0) is 4.79 Å². The van der Waals surface area contributed by atoms with Crippen molar-refractivity contribution < 1.29 is 14.0 Å². The average molecular weight is 361 g/mol. The van der Waals surface area contributed by atoms with Crippen molar-refractivity contribution in [2.75, 3.05) is 39.3 Å². The van der Waals surface area contributed by atoms with Crippen LogP contribution in [0.25, 0.3) is 0 Å². The number of hydrogen-bond donors (Lipinski definition) is 1. The monoisotopic (exact) mass is 361 g/mol. The number of nitrogens with one attached hydrogen (secondary N) is 1. The summed E-state index contributed by atoms with van der Waals surface area (Å²) in [7, 11) is 0. The van der Waals surface area contributed by atoms with Gasteiger partial charge < -0.3 is 15.1 Å². The molecule has 2 heterocycles. The largest absolute Gasteiger partial charge is 0.339 e. The van der Waals surface area contributed by atoms with Crippen molar-refractivity contribution in [3.05, 3.63) is 35.6 Å². The molecular weight excluding hydrogens is 333 g/mol. The van der Waals surface area contributed by atoms with E-state index in [1.807, 2.05) is 4.90 Å². The molecule has 1 aromatic rings. The molecule has 0 spiro atoms. The van der Waals surface area contributed by atoms with Gasteiger partial charge in [0.05, 0.1) is 0 Å². The molecule has 0 aromatic heterocycles. The molecule has 2 aliphatic rings. The third-order valence-electron chi connectivity index (χ3n) is 5.63. The van der Waals surface area contributed by atoms with Crippen LogP contribution in [0.4, 0.5) is 4.39 Å². The lowest BCUT2D eigenvalue weighted by Crippen LogP contribution is -2.51. The molecule has 142 valence electrons. The molecule has 0 saturated carbocycles. The van der Waals surface area contributed by atoms with Crippen LogP contribution >= 0.6 is 0 Å². The van der Waals surface area contributed by atoms with E-state index in [1.54, 1.807) is 17.0 Å². The fraction of sp³-hybridized carbons (Fsp3) is 0.600. The molecule has 2 aliphatic heterocycles. The zero-order valence-corrected chi connectivity index (χ0v) is 15.4. The first-order valence-corrected chi connectivity index (χ1v) is 9.58. The minimum atomic E-state index is -0.407. The maximum Gasteiger partial charge on any atom is 0.254 e. The highest BCUT2D eigenvalue weighted by Gasteiger charge is 2.28. The van der Waals surface area contributed by atoms with Crippen molar-refractivity contribution in [1.29, 1.82) is 0 Å². The van der Waals surface area contributed by atoms with E-state index in [9.17, 15) is 14.0 Å². The number of hydrogen-bond acceptors (Lipinski definition) is 3. The van der Waals surface area contributed by atoms with E-state index in [2.05, 4.69) is 12.2 Å². The van der Waals surface area contributed by atoms with E-state index in [1.165, 1.54) is 25.0 Å². The molecule has 3 rings (SSSR count). The van der Waals surface area contributed by atoms with E-state index in [-0.39, 0.29) is 11.8 Å². The van der Waals surface area contributed by atoms with Crippen LogP contribution in [-0.4, -0.2) is 60.9 Å². The number of piperidine rings is 1. The number of amides is 2. The third kappa shape index (κ3) is 4.61. The third-order valence-corrected chi connectivity index (χ3v) is 5.63. The number of benzene rings is 1. The van der Waals surface area contributed by atoms with E-state index in [4.69, 9.17) is 0 Å². The van der Waals surface area contributed by atoms with Crippen molar-refractivity contribution in [3.8, 4) is 0 Å². The van der Waals surface area contributed by atoms with Gasteiger partial charge in [0.2, 0.25) is 5.91 Å². The smallest absolute Gasteiger partial charge is 0.254 e. The Labute approximate surface area is 154 Å². The molecule has 2 unspecified atom stereocenters. The predicted molar refractivity (Wildman–Crippen MR) is 98.3 cm³/mol. The first-order valence-electron chi connectivity index (χ1n) is 9.58. The first-order chi connectivity index (χ1) is 12.5. The van der Waals surface area contributed by atoms with Gasteiger partial charge in [-0.3, -0.25) is 9.59 Å². The van der Waals surface area contributed by atoms with E-state index in [0.29, 0.717) is 50.0 Å². The Hall–Kier alpha value is -1.95. The summed E-state index contributed by atoms with van der Waals surface area (Å²) in [6, 6.07) is 5.77. The summed E-state index contributed by atoms with van der Waals surface area (Å²) >= 11 is 0. The Morgan fingerprint density at radius 3 is 2.62 bits per heavy atom. The molecule has 6 heteroatoms. The number of carbonyl (C=O) groups is 2. The Balaban J connectivity index is 1.48. The summed E-state index contributed by atoms with van der Waals surface area (Å²) in [5.74, 6) is 0.556. The fourth-order valence-corrected chi connectivity index (χ4v) is 3.90. The zero-order chi connectivity index (χ0) is 18.5. The van der Waals surface area contributed by atoms with Gasteiger partial charge in [-0.25, -0.2) is 4.39 Å². The van der Waals surface area contributed by atoms with E-state index < -0.39 is 5.82 Å². The molecular formula is C20H28FN3O2. The maximum absolute atomic E-state index is 13.3. The van der Waals surface area contributed by atoms with Gasteiger partial charge in [0, 0.05) is 38.2 Å². The lowest BCUT2D eigenvalue weighted by Gasteiger charge is -2.36. The first kappa shape index (κ1) is 18.8. The molecule has 2 fully saturated rings. The Kier molecular flexibility index (Phi) is 6.25. The lowest BCUT2D eigenvalue weighted by atomic mass is 9.85. The van der Waals surface area contributed by atoms with Crippen LogP contribution in [0.5, 0.6) is 0 Å². The minimum absolute atomic E-state index is 0.168. The summed E-state index contributed by atoms with van der Waals surface area (Å²) in [5, 5.41) is 3.41. The van der Waals surface area contributed by atoms with Crippen LogP contribution in [0, 0.1) is 17.7 Å². The Morgan fingerprint density at radius 1 is 1.23 bits per heavy atom. The second-order valence-corrected chi connectivity index (χ2v) is 7.47. The fourth-order valence-electron chi connectivity index (χ4n) is 3.90. The molecule has 2 amide bonds. The summed E-state index contributed by atoms with van der Waals surface area (Å²) in [4.78, 5) is 28.6. The van der Waals surface area contributed by atoms with Crippen LogP contribution < -0.4 is 5.32 Å². The highest BCUT2D eigenvalue weighted by molar-refractivity contribution is 5.94. The van der Waals surface area contributed by atoms with Gasteiger partial charge in [-0.1, -0.05) is 13.0 Å². The topological polar surface area (TPSA) is 52.7 Å². The van der Waals surface area contributed by atoms with Crippen molar-refractivity contribution in [1.82, 2.24) is 15.1 Å². The molecule has 0 bridgehead atoms. The number of rotatable bonds is 4. The van der Waals surface area contributed by atoms with E-state index in [0.717, 1.165) is 13.1 Å². The van der Waals surface area contributed by atoms with Crippen LogP contribution in [0.3, 0.4) is 0 Å². The van der Waals surface area contributed by atoms with Gasteiger partial charge in [-0.2, -0.15) is 0 Å².